The highest BCUT2D eigenvalue weighted by molar-refractivity contribution is 6.10. The zero-order valence-electron chi connectivity index (χ0n) is 43.7. The summed E-state index contributed by atoms with van der Waals surface area (Å²) in [6.07, 6.45) is 1.95. The first-order valence-electron chi connectivity index (χ1n) is 25.2. The van der Waals surface area contributed by atoms with Gasteiger partial charge in [0.15, 0.2) is 0 Å². The van der Waals surface area contributed by atoms with Gasteiger partial charge in [0.25, 0.3) is 0 Å². The van der Waals surface area contributed by atoms with Gasteiger partial charge in [-0.2, -0.15) is 0 Å². The Bertz CT molecular complexity index is 3430. The summed E-state index contributed by atoms with van der Waals surface area (Å²) >= 11 is 0. The van der Waals surface area contributed by atoms with Crippen LogP contribution in [0.25, 0.3) is 38.8 Å². The van der Waals surface area contributed by atoms with Crippen molar-refractivity contribution >= 4 is 33.2 Å². The highest BCUT2D eigenvalue weighted by atomic mass is 16.5. The molecule has 0 atom stereocenters. The Balaban J connectivity index is 1.10. The molecule has 9 aromatic rings. The van der Waals surface area contributed by atoms with Crippen molar-refractivity contribution in [3.8, 4) is 28.4 Å². The van der Waals surface area contributed by atoms with E-state index in [-0.39, 0.29) is 21.7 Å². The Labute approximate surface area is 422 Å². The van der Waals surface area contributed by atoms with Gasteiger partial charge in [0.2, 0.25) is 0 Å². The van der Waals surface area contributed by atoms with E-state index in [1.54, 1.807) is 0 Å². The Hall–Kier alpha value is -7.37. The molecule has 0 fully saturated rings. The van der Waals surface area contributed by atoms with Crippen molar-refractivity contribution in [2.24, 2.45) is 0 Å². The van der Waals surface area contributed by atoms with Crippen molar-refractivity contribution in [2.75, 3.05) is 16.5 Å². The molecule has 5 nitrogen and oxygen atoms in total. The smallest absolute Gasteiger partial charge is 0.137 e. The van der Waals surface area contributed by atoms with Crippen molar-refractivity contribution in [1.29, 1.82) is 0 Å². The highest BCUT2D eigenvalue weighted by Crippen LogP contribution is 2.44. The average molecular weight is 933 g/mol. The zero-order valence-corrected chi connectivity index (χ0v) is 43.7. The van der Waals surface area contributed by atoms with Crippen LogP contribution in [0.15, 0.2) is 194 Å². The van der Waals surface area contributed by atoms with Gasteiger partial charge < -0.3 is 14.5 Å². The van der Waals surface area contributed by atoms with Crippen LogP contribution in [0.2, 0.25) is 0 Å². The quantitative estimate of drug-likeness (QED) is 0.137. The third-order valence-electron chi connectivity index (χ3n) is 15.3. The first kappa shape index (κ1) is 47.3. The maximum absolute atomic E-state index is 7.16. The van der Waals surface area contributed by atoms with Crippen LogP contribution in [0.3, 0.4) is 0 Å². The van der Waals surface area contributed by atoms with Crippen LogP contribution < -0.4 is 14.5 Å². The monoisotopic (exact) mass is 933 g/mol. The summed E-state index contributed by atoms with van der Waals surface area (Å²) in [5.41, 5.74) is 16.3. The van der Waals surface area contributed by atoms with Gasteiger partial charge in [-0.3, -0.25) is 4.57 Å². The predicted molar refractivity (Wildman–Crippen MR) is 300 cm³/mol. The van der Waals surface area contributed by atoms with Crippen LogP contribution in [0.1, 0.15) is 116 Å². The molecular formula is C66H68N4O. The van der Waals surface area contributed by atoms with Crippen LogP contribution in [0.5, 0.6) is 11.5 Å². The van der Waals surface area contributed by atoms with E-state index in [0.29, 0.717) is 6.67 Å². The minimum absolute atomic E-state index is 0.00793. The Morgan fingerprint density at radius 3 is 1.55 bits per heavy atom. The van der Waals surface area contributed by atoms with Crippen molar-refractivity contribution in [1.82, 2.24) is 9.55 Å². The topological polar surface area (TPSA) is 33.5 Å². The van der Waals surface area contributed by atoms with Gasteiger partial charge in [-0.1, -0.05) is 172 Å². The number of anilines is 2. The van der Waals surface area contributed by atoms with Crippen LogP contribution in [-0.4, -0.2) is 16.2 Å². The molecule has 1 aliphatic heterocycles. The van der Waals surface area contributed by atoms with E-state index < -0.39 is 0 Å². The summed E-state index contributed by atoms with van der Waals surface area (Å²) in [6.45, 7) is 28.3. The summed E-state index contributed by atoms with van der Waals surface area (Å²) in [4.78, 5) is 10.0. The molecular weight excluding hydrogens is 865 g/mol. The van der Waals surface area contributed by atoms with Gasteiger partial charge >= 0.3 is 0 Å². The third kappa shape index (κ3) is 8.92. The number of benzene rings is 7. The minimum atomic E-state index is -0.318. The number of allylic oxidation sites excluding steroid dienone is 2. The second-order valence-corrected chi connectivity index (χ2v) is 22.8. The van der Waals surface area contributed by atoms with Crippen molar-refractivity contribution in [3.63, 3.8) is 0 Å². The number of hydrogen-bond donors (Lipinski definition) is 0. The molecule has 10 rings (SSSR count). The molecule has 0 aliphatic carbocycles. The molecule has 0 spiro atoms. The van der Waals surface area contributed by atoms with Crippen molar-refractivity contribution < 1.29 is 4.74 Å². The van der Waals surface area contributed by atoms with Gasteiger partial charge in [0.05, 0.1) is 17.7 Å². The van der Waals surface area contributed by atoms with Crippen molar-refractivity contribution in [2.45, 2.75) is 105 Å². The van der Waals surface area contributed by atoms with Crippen LogP contribution in [0.4, 0.5) is 11.4 Å². The molecule has 0 saturated heterocycles. The molecule has 1 aliphatic rings. The van der Waals surface area contributed by atoms with E-state index >= 15 is 0 Å². The van der Waals surface area contributed by atoms with Gasteiger partial charge in [0, 0.05) is 62.7 Å². The molecule has 0 N–H and O–H groups in total. The first-order chi connectivity index (χ1) is 33.8. The lowest BCUT2D eigenvalue weighted by Gasteiger charge is -2.31. The summed E-state index contributed by atoms with van der Waals surface area (Å²) in [5, 5.41) is 2.30. The molecule has 3 heterocycles. The third-order valence-corrected chi connectivity index (χ3v) is 15.3. The Morgan fingerprint density at radius 1 is 0.408 bits per heavy atom. The number of fused-ring (bicyclic) bond motifs is 3. The maximum atomic E-state index is 7.16. The maximum Gasteiger partial charge on any atom is 0.137 e. The molecule has 358 valence electrons. The molecule has 0 radical (unpaired) electrons. The van der Waals surface area contributed by atoms with Gasteiger partial charge in [0.1, 0.15) is 17.3 Å². The van der Waals surface area contributed by atoms with Crippen LogP contribution in [-0.2, 0) is 21.7 Å². The second kappa shape index (κ2) is 17.8. The lowest BCUT2D eigenvalue weighted by molar-refractivity contribution is 0.480. The lowest BCUT2D eigenvalue weighted by atomic mass is 9.78. The fourth-order valence-corrected chi connectivity index (χ4v) is 10.3. The fraction of sp³-hybridized carbons (Fsp3) is 0.258. The minimum Gasteiger partial charge on any atom is -0.457 e. The average Bonchev–Trinajstić information content (AvgIpc) is 3.85. The summed E-state index contributed by atoms with van der Waals surface area (Å²) in [7, 11) is 0. The van der Waals surface area contributed by atoms with Gasteiger partial charge in [-0.15, -0.1) is 0 Å². The largest absolute Gasteiger partial charge is 0.457 e. The number of rotatable bonds is 10. The standard InChI is InChI=1S/C66H68N4O/c1-44-45(2)69(43-68(44)54-36-51(63(3,4)5)35-52(37-54)64(6,7)8)55-38-53(66(11,12)49-26-20-15-21-27-49)39-57(41-55)71-56-29-30-58-59-34-47(46-22-16-13-17-23-46)28-31-60(59)70(61(58)42-56)62-40-50(32-33-67-62)65(9,10)48-24-18-14-19-25-48/h13-42H,43H2,1-12H3. The molecule has 0 amide bonds. The fourth-order valence-electron chi connectivity index (χ4n) is 10.3. The number of hydrogen-bond acceptors (Lipinski definition) is 4. The van der Waals surface area contributed by atoms with Crippen molar-refractivity contribution in [3.05, 3.63) is 227 Å². The number of pyridine rings is 1. The molecule has 0 saturated carbocycles. The normalized spacial score (nSPS) is 13.7. The predicted octanol–water partition coefficient (Wildman–Crippen LogP) is 17.4. The van der Waals surface area contributed by atoms with Crippen LogP contribution >= 0.6 is 0 Å². The van der Waals surface area contributed by atoms with Gasteiger partial charge in [-0.25, -0.2) is 4.98 Å². The molecule has 0 unspecified atom stereocenters. The summed E-state index contributed by atoms with van der Waals surface area (Å²) < 4.78 is 9.48. The molecule has 71 heavy (non-hydrogen) atoms. The highest BCUT2D eigenvalue weighted by Gasteiger charge is 2.32. The molecule has 5 heteroatoms. The molecule has 0 bridgehead atoms. The van der Waals surface area contributed by atoms with Crippen LogP contribution in [0, 0.1) is 0 Å². The Kier molecular flexibility index (Phi) is 11.9. The zero-order chi connectivity index (χ0) is 50.0. The molecule has 7 aromatic carbocycles. The van der Waals surface area contributed by atoms with E-state index in [2.05, 4.69) is 273 Å². The van der Waals surface area contributed by atoms with E-state index in [9.17, 15) is 0 Å². The number of nitrogens with zero attached hydrogens (tertiary/aromatic N) is 4. The van der Waals surface area contributed by atoms with E-state index in [1.165, 1.54) is 61.6 Å². The van der Waals surface area contributed by atoms with E-state index in [0.717, 1.165) is 44.8 Å². The molecule has 2 aromatic heterocycles. The summed E-state index contributed by atoms with van der Waals surface area (Å²) in [6, 6.07) is 64.0. The summed E-state index contributed by atoms with van der Waals surface area (Å²) in [5.74, 6) is 2.41. The van der Waals surface area contributed by atoms with Gasteiger partial charge in [-0.05, 0) is 130 Å². The van der Waals surface area contributed by atoms with E-state index in [4.69, 9.17) is 9.72 Å². The lowest BCUT2D eigenvalue weighted by Crippen LogP contribution is -2.28. The SMILES string of the molecule is CC1=C(C)N(c2cc(Oc3ccc4c5cc(-c6ccccc6)ccc5n(-c5cc(C(C)(C)c6ccccc6)ccn5)c4c3)cc(C(C)(C)c3ccccc3)c2)CN1c1cc(C(C)(C)C)cc(C(C)(C)C)c1. The second-order valence-electron chi connectivity index (χ2n) is 22.8. The van der Waals surface area contributed by atoms with E-state index in [1.807, 2.05) is 6.20 Å². The number of ether oxygens (including phenoxy) is 1. The number of aromatic nitrogens is 2. The Morgan fingerprint density at radius 2 is 0.958 bits per heavy atom. The first-order valence-corrected chi connectivity index (χ1v) is 25.2.